The van der Waals surface area contributed by atoms with Gasteiger partial charge in [0.2, 0.25) is 0 Å². The molecular weight excluding hydrogens is 282 g/mol. The SMILES string of the molecule is C#Cc1cn(C2OC(CO)C(O)C2N=[N+]=[N-])c(=O)[nH]c1=O. The molecule has 0 radical (unpaired) electrons. The Balaban J connectivity index is 2.55. The number of nitrogens with one attached hydrogen (secondary N) is 1. The summed E-state index contributed by atoms with van der Waals surface area (Å²) >= 11 is 0. The fourth-order valence-electron chi connectivity index (χ4n) is 2.07. The smallest absolute Gasteiger partial charge is 0.330 e. The van der Waals surface area contributed by atoms with Crippen LogP contribution in [-0.2, 0) is 4.74 Å². The van der Waals surface area contributed by atoms with Crippen LogP contribution in [0, 0.1) is 12.3 Å². The van der Waals surface area contributed by atoms with E-state index in [1.807, 2.05) is 4.98 Å². The van der Waals surface area contributed by atoms with E-state index in [0.717, 1.165) is 10.8 Å². The molecule has 2 heterocycles. The second kappa shape index (κ2) is 5.82. The molecule has 21 heavy (non-hydrogen) atoms. The number of terminal acetylenes is 1. The lowest BCUT2D eigenvalue weighted by molar-refractivity contribution is -0.0465. The molecule has 0 bridgehead atoms. The van der Waals surface area contributed by atoms with Crippen molar-refractivity contribution in [2.45, 2.75) is 24.5 Å². The van der Waals surface area contributed by atoms with Gasteiger partial charge in [0.25, 0.3) is 5.56 Å². The van der Waals surface area contributed by atoms with Crippen LogP contribution in [0.1, 0.15) is 11.8 Å². The second-order valence-electron chi connectivity index (χ2n) is 4.29. The molecule has 1 saturated heterocycles. The number of aliphatic hydroxyl groups excluding tert-OH is 2. The Morgan fingerprint density at radius 1 is 1.62 bits per heavy atom. The van der Waals surface area contributed by atoms with Crippen LogP contribution in [0.15, 0.2) is 20.9 Å². The molecule has 0 aromatic carbocycles. The summed E-state index contributed by atoms with van der Waals surface area (Å²) in [5.41, 5.74) is 6.83. The normalized spacial score (nSPS) is 27.9. The minimum Gasteiger partial charge on any atom is -0.394 e. The number of aliphatic hydroxyl groups is 2. The Bertz CT molecular complexity index is 741. The van der Waals surface area contributed by atoms with Gasteiger partial charge in [-0.25, -0.2) is 4.79 Å². The quantitative estimate of drug-likeness (QED) is 0.266. The van der Waals surface area contributed by atoms with Gasteiger partial charge >= 0.3 is 5.69 Å². The maximum Gasteiger partial charge on any atom is 0.330 e. The Hall–Kier alpha value is -2.57. The van der Waals surface area contributed by atoms with Crippen molar-refractivity contribution in [1.82, 2.24) is 9.55 Å². The molecule has 0 aliphatic carbocycles. The number of H-pyrrole nitrogens is 1. The van der Waals surface area contributed by atoms with Gasteiger partial charge in [-0.05, 0) is 5.53 Å². The third kappa shape index (κ3) is 2.54. The summed E-state index contributed by atoms with van der Waals surface area (Å²) in [5, 5.41) is 22.4. The van der Waals surface area contributed by atoms with Crippen LogP contribution in [0.2, 0.25) is 0 Å². The molecule has 3 N–H and O–H groups in total. The molecule has 0 saturated carbocycles. The average molecular weight is 293 g/mol. The highest BCUT2D eigenvalue weighted by Gasteiger charge is 2.44. The molecule has 1 aromatic rings. The van der Waals surface area contributed by atoms with E-state index in [0.29, 0.717) is 0 Å². The summed E-state index contributed by atoms with van der Waals surface area (Å²) < 4.78 is 6.21. The second-order valence-corrected chi connectivity index (χ2v) is 4.29. The van der Waals surface area contributed by atoms with Crippen molar-refractivity contribution >= 4 is 0 Å². The average Bonchev–Trinajstić information content (AvgIpc) is 2.77. The van der Waals surface area contributed by atoms with Crippen molar-refractivity contribution < 1.29 is 14.9 Å². The van der Waals surface area contributed by atoms with Gasteiger partial charge in [-0.2, -0.15) is 0 Å². The number of azide groups is 1. The van der Waals surface area contributed by atoms with Crippen LogP contribution in [0.4, 0.5) is 0 Å². The first-order valence-electron chi connectivity index (χ1n) is 5.84. The zero-order chi connectivity index (χ0) is 15.6. The number of aromatic amines is 1. The van der Waals surface area contributed by atoms with Crippen LogP contribution in [0.5, 0.6) is 0 Å². The first-order chi connectivity index (χ1) is 10.0. The highest BCUT2D eigenvalue weighted by molar-refractivity contribution is 5.26. The Kier molecular flexibility index (Phi) is 4.11. The maximum absolute atomic E-state index is 11.8. The van der Waals surface area contributed by atoms with Crippen molar-refractivity contribution in [3.63, 3.8) is 0 Å². The molecule has 4 unspecified atom stereocenters. The van der Waals surface area contributed by atoms with Gasteiger partial charge < -0.3 is 14.9 Å². The minimum absolute atomic E-state index is 0.125. The number of nitrogens with zero attached hydrogens (tertiary/aromatic N) is 4. The van der Waals surface area contributed by atoms with E-state index >= 15 is 0 Å². The zero-order valence-corrected chi connectivity index (χ0v) is 10.6. The van der Waals surface area contributed by atoms with Gasteiger partial charge in [-0.15, -0.1) is 6.42 Å². The molecule has 110 valence electrons. The standard InChI is InChI=1S/C11H11N5O5/c1-2-5-3-16(11(20)13-9(5)19)10-7(14-15-12)8(18)6(4-17)21-10/h1,3,6-8,10,17-18H,4H2,(H,13,19,20). The molecule has 10 nitrogen and oxygen atoms in total. The number of aromatic nitrogens is 2. The first kappa shape index (κ1) is 14.8. The first-order valence-corrected chi connectivity index (χ1v) is 5.84. The lowest BCUT2D eigenvalue weighted by Gasteiger charge is -2.17. The van der Waals surface area contributed by atoms with Crippen LogP contribution in [0.3, 0.4) is 0 Å². The van der Waals surface area contributed by atoms with Crippen molar-refractivity contribution in [2.24, 2.45) is 5.11 Å². The predicted octanol–water partition coefficient (Wildman–Crippen LogP) is -1.55. The van der Waals surface area contributed by atoms with Crippen LogP contribution >= 0.6 is 0 Å². The monoisotopic (exact) mass is 293 g/mol. The highest BCUT2D eigenvalue weighted by Crippen LogP contribution is 2.30. The number of hydrogen-bond acceptors (Lipinski definition) is 6. The van der Waals surface area contributed by atoms with Gasteiger partial charge in [-0.3, -0.25) is 14.3 Å². The minimum atomic E-state index is -1.30. The third-order valence-electron chi connectivity index (χ3n) is 3.10. The molecule has 2 rings (SSSR count). The van der Waals surface area contributed by atoms with Gasteiger partial charge in [0, 0.05) is 11.1 Å². The van der Waals surface area contributed by atoms with Crippen molar-refractivity contribution in [3.05, 3.63) is 43.0 Å². The molecular formula is C11H11N5O5. The van der Waals surface area contributed by atoms with Gasteiger partial charge in [-0.1, -0.05) is 11.0 Å². The van der Waals surface area contributed by atoms with Crippen molar-refractivity contribution in [2.75, 3.05) is 6.61 Å². The highest BCUT2D eigenvalue weighted by atomic mass is 16.5. The number of ether oxygens (including phenoxy) is 1. The van der Waals surface area contributed by atoms with E-state index in [1.54, 1.807) is 0 Å². The number of rotatable bonds is 3. The summed E-state index contributed by atoms with van der Waals surface area (Å²) in [7, 11) is 0. The van der Waals surface area contributed by atoms with E-state index in [-0.39, 0.29) is 5.56 Å². The summed E-state index contributed by atoms with van der Waals surface area (Å²) in [5.74, 6) is 2.10. The summed E-state index contributed by atoms with van der Waals surface area (Å²) in [6, 6.07) is -1.15. The largest absolute Gasteiger partial charge is 0.394 e. The third-order valence-corrected chi connectivity index (χ3v) is 3.10. The van der Waals surface area contributed by atoms with Gasteiger partial charge in [0.15, 0.2) is 0 Å². The molecule has 0 spiro atoms. The van der Waals surface area contributed by atoms with Crippen molar-refractivity contribution in [3.8, 4) is 12.3 Å². The van der Waals surface area contributed by atoms with E-state index in [9.17, 15) is 14.7 Å². The van der Waals surface area contributed by atoms with Crippen LogP contribution < -0.4 is 11.2 Å². The van der Waals surface area contributed by atoms with Crippen molar-refractivity contribution in [1.29, 1.82) is 0 Å². The topological polar surface area (TPSA) is 153 Å². The van der Waals surface area contributed by atoms with E-state index in [1.165, 1.54) is 0 Å². The fourth-order valence-corrected chi connectivity index (χ4v) is 2.07. The molecule has 10 heteroatoms. The van der Waals surface area contributed by atoms with Crippen LogP contribution in [-0.4, -0.2) is 44.6 Å². The van der Waals surface area contributed by atoms with Gasteiger partial charge in [0.1, 0.15) is 23.9 Å². The maximum atomic E-state index is 11.8. The molecule has 4 atom stereocenters. The zero-order valence-electron chi connectivity index (χ0n) is 10.6. The lowest BCUT2D eigenvalue weighted by atomic mass is 10.1. The molecule has 1 aliphatic rings. The summed E-state index contributed by atoms with van der Waals surface area (Å²) in [6.07, 6.45) is 2.69. The Morgan fingerprint density at radius 2 is 2.33 bits per heavy atom. The summed E-state index contributed by atoms with van der Waals surface area (Å²) in [4.78, 5) is 27.8. The lowest BCUT2D eigenvalue weighted by Crippen LogP contribution is -2.37. The Morgan fingerprint density at radius 3 is 2.90 bits per heavy atom. The summed E-state index contributed by atoms with van der Waals surface area (Å²) in [6.45, 7) is -0.533. The van der Waals surface area contributed by atoms with E-state index in [4.69, 9.17) is 21.8 Å². The van der Waals surface area contributed by atoms with E-state index in [2.05, 4.69) is 15.9 Å². The molecule has 0 amide bonds. The van der Waals surface area contributed by atoms with Crippen LogP contribution in [0.25, 0.3) is 10.4 Å². The fraction of sp³-hybridized carbons (Fsp3) is 0.455. The molecule has 1 aromatic heterocycles. The number of hydrogen-bond donors (Lipinski definition) is 3. The Labute approximate surface area is 117 Å². The molecule has 1 aliphatic heterocycles. The molecule has 1 fully saturated rings. The van der Waals surface area contributed by atoms with E-state index < -0.39 is 42.3 Å². The predicted molar refractivity (Wildman–Crippen MR) is 69.2 cm³/mol. The van der Waals surface area contributed by atoms with Gasteiger partial charge in [0.05, 0.1) is 12.7 Å².